The van der Waals surface area contributed by atoms with Crippen LogP contribution in [0.1, 0.15) is 59.2 Å². The van der Waals surface area contributed by atoms with Crippen LogP contribution in [0.3, 0.4) is 0 Å². The molecule has 1 unspecified atom stereocenters. The number of rotatable bonds is 8. The number of nitrogens with one attached hydrogen (secondary N) is 1. The van der Waals surface area contributed by atoms with Crippen molar-refractivity contribution in [1.82, 2.24) is 20.1 Å². The Morgan fingerprint density at radius 3 is 2.52 bits per heavy atom. The number of carbonyl (C=O) groups is 1. The van der Waals surface area contributed by atoms with Gasteiger partial charge in [-0.1, -0.05) is 20.8 Å². The lowest BCUT2D eigenvalue weighted by molar-refractivity contribution is -0.123. The van der Waals surface area contributed by atoms with E-state index < -0.39 is 11.6 Å². The van der Waals surface area contributed by atoms with E-state index in [0.717, 1.165) is 32.7 Å². The van der Waals surface area contributed by atoms with Gasteiger partial charge in [0.25, 0.3) is 0 Å². The number of pyridine rings is 1. The SMILES string of the molecule is CCC(=O)NC(c1ncccc1F)C(C)(C)N1CCN(CCC(C)C)CC1. The molecule has 1 fully saturated rings. The van der Waals surface area contributed by atoms with Crippen LogP contribution in [0, 0.1) is 11.7 Å². The smallest absolute Gasteiger partial charge is 0.220 e. The number of carbonyl (C=O) groups excluding carboxylic acids is 1. The van der Waals surface area contributed by atoms with Crippen LogP contribution in [0.25, 0.3) is 0 Å². The Labute approximate surface area is 163 Å². The molecule has 5 nitrogen and oxygen atoms in total. The number of halogens is 1. The summed E-state index contributed by atoms with van der Waals surface area (Å²) < 4.78 is 14.5. The summed E-state index contributed by atoms with van der Waals surface area (Å²) >= 11 is 0. The van der Waals surface area contributed by atoms with E-state index in [1.807, 2.05) is 6.92 Å². The van der Waals surface area contributed by atoms with Crippen LogP contribution in [0.15, 0.2) is 18.3 Å². The fraction of sp³-hybridized carbons (Fsp3) is 0.714. The minimum absolute atomic E-state index is 0.0892. The fourth-order valence-electron chi connectivity index (χ4n) is 3.62. The van der Waals surface area contributed by atoms with Crippen molar-refractivity contribution in [2.24, 2.45) is 5.92 Å². The highest BCUT2D eigenvalue weighted by atomic mass is 19.1. The Bertz CT molecular complexity index is 612. The molecule has 1 aliphatic rings. The molecule has 6 heteroatoms. The minimum atomic E-state index is -0.492. The molecule has 2 heterocycles. The maximum absolute atomic E-state index is 14.5. The van der Waals surface area contributed by atoms with Crippen molar-refractivity contribution in [1.29, 1.82) is 0 Å². The van der Waals surface area contributed by atoms with Gasteiger partial charge in [-0.15, -0.1) is 0 Å². The van der Waals surface area contributed by atoms with Gasteiger partial charge in [0.15, 0.2) is 0 Å². The Hall–Kier alpha value is -1.53. The van der Waals surface area contributed by atoms with Crippen molar-refractivity contribution in [3.63, 3.8) is 0 Å². The molecule has 27 heavy (non-hydrogen) atoms. The molecule has 1 aromatic heterocycles. The van der Waals surface area contributed by atoms with E-state index in [1.54, 1.807) is 12.3 Å². The summed E-state index contributed by atoms with van der Waals surface area (Å²) in [5.41, 5.74) is -0.129. The molecule has 0 radical (unpaired) electrons. The summed E-state index contributed by atoms with van der Waals surface area (Å²) in [4.78, 5) is 21.3. The van der Waals surface area contributed by atoms with Gasteiger partial charge in [-0.3, -0.25) is 14.7 Å². The zero-order valence-electron chi connectivity index (χ0n) is 17.5. The Balaban J connectivity index is 2.14. The molecule has 1 N–H and O–H groups in total. The van der Waals surface area contributed by atoms with E-state index in [2.05, 4.69) is 47.8 Å². The molecule has 0 saturated carbocycles. The van der Waals surface area contributed by atoms with Crippen molar-refractivity contribution in [3.8, 4) is 0 Å². The molecule has 152 valence electrons. The summed E-state index contributed by atoms with van der Waals surface area (Å²) in [6.07, 6.45) is 3.16. The fourth-order valence-corrected chi connectivity index (χ4v) is 3.62. The summed E-state index contributed by atoms with van der Waals surface area (Å²) in [6.45, 7) is 15.4. The third-order valence-electron chi connectivity index (χ3n) is 5.60. The quantitative estimate of drug-likeness (QED) is 0.754. The molecule has 1 atom stereocenters. The molecule has 1 aliphatic heterocycles. The third-order valence-corrected chi connectivity index (χ3v) is 5.60. The molecular formula is C21H35FN4O. The average molecular weight is 379 g/mol. The van der Waals surface area contributed by atoms with E-state index in [0.29, 0.717) is 18.0 Å². The van der Waals surface area contributed by atoms with Crippen molar-refractivity contribution in [3.05, 3.63) is 29.8 Å². The highest BCUT2D eigenvalue weighted by molar-refractivity contribution is 5.76. The number of hydrogen-bond acceptors (Lipinski definition) is 4. The molecule has 0 aliphatic carbocycles. The second-order valence-electron chi connectivity index (χ2n) is 8.39. The molecule has 1 aromatic rings. The summed E-state index contributed by atoms with van der Waals surface area (Å²) in [5, 5.41) is 3.02. The average Bonchev–Trinajstić information content (AvgIpc) is 2.65. The number of hydrogen-bond donors (Lipinski definition) is 1. The molecule has 0 aromatic carbocycles. The standard InChI is InChI=1S/C21H35FN4O/c1-6-18(27)24-20(19-17(22)8-7-10-23-19)21(4,5)26-14-12-25(13-15-26)11-9-16(2)3/h7-8,10,16,20H,6,9,11-15H2,1-5H3,(H,24,27). The van der Waals surface area contributed by atoms with E-state index in [4.69, 9.17) is 0 Å². The van der Waals surface area contributed by atoms with Gasteiger partial charge in [-0.05, 0) is 44.9 Å². The molecular weight excluding hydrogens is 343 g/mol. The molecule has 1 saturated heterocycles. The van der Waals surface area contributed by atoms with Gasteiger partial charge in [-0.25, -0.2) is 4.39 Å². The third kappa shape index (κ3) is 5.72. The van der Waals surface area contributed by atoms with Crippen LogP contribution >= 0.6 is 0 Å². The van der Waals surface area contributed by atoms with Gasteiger partial charge in [0.2, 0.25) is 5.91 Å². The van der Waals surface area contributed by atoms with E-state index in [1.165, 1.54) is 12.5 Å². The van der Waals surface area contributed by atoms with Crippen molar-refractivity contribution >= 4 is 5.91 Å². The summed E-state index contributed by atoms with van der Waals surface area (Å²) in [7, 11) is 0. The number of aromatic nitrogens is 1. The topological polar surface area (TPSA) is 48.5 Å². The Morgan fingerprint density at radius 1 is 1.30 bits per heavy atom. The molecule has 2 rings (SSSR count). The van der Waals surface area contributed by atoms with Gasteiger partial charge >= 0.3 is 0 Å². The van der Waals surface area contributed by atoms with Gasteiger partial charge in [0.05, 0.1) is 6.04 Å². The second-order valence-corrected chi connectivity index (χ2v) is 8.39. The zero-order chi connectivity index (χ0) is 20.0. The lowest BCUT2D eigenvalue weighted by Gasteiger charge is -2.47. The van der Waals surface area contributed by atoms with Crippen molar-refractivity contribution < 1.29 is 9.18 Å². The van der Waals surface area contributed by atoms with Crippen LogP contribution in [-0.2, 0) is 4.79 Å². The first-order chi connectivity index (χ1) is 12.8. The van der Waals surface area contributed by atoms with Crippen molar-refractivity contribution in [2.75, 3.05) is 32.7 Å². The first-order valence-corrected chi connectivity index (χ1v) is 10.1. The Kier molecular flexibility index (Phi) is 7.74. The van der Waals surface area contributed by atoms with Gasteiger partial charge in [0.1, 0.15) is 11.5 Å². The number of nitrogens with zero attached hydrogens (tertiary/aromatic N) is 3. The van der Waals surface area contributed by atoms with Gasteiger partial charge in [0, 0.05) is 44.3 Å². The number of piperazine rings is 1. The largest absolute Gasteiger partial charge is 0.346 e. The number of amides is 1. The van der Waals surface area contributed by atoms with Crippen molar-refractivity contribution in [2.45, 2.75) is 59.0 Å². The molecule has 1 amide bonds. The highest BCUT2D eigenvalue weighted by Crippen LogP contribution is 2.32. The van der Waals surface area contributed by atoms with E-state index in [-0.39, 0.29) is 11.7 Å². The first kappa shape index (κ1) is 21.8. The molecule has 0 spiro atoms. The summed E-state index contributed by atoms with van der Waals surface area (Å²) in [5.74, 6) is 0.247. The zero-order valence-corrected chi connectivity index (χ0v) is 17.5. The van der Waals surface area contributed by atoms with Crippen LogP contribution < -0.4 is 5.32 Å². The van der Waals surface area contributed by atoms with Crippen LogP contribution in [0.5, 0.6) is 0 Å². The predicted molar refractivity (Wildman–Crippen MR) is 107 cm³/mol. The van der Waals surface area contributed by atoms with Crippen LogP contribution in [-0.4, -0.2) is 59.0 Å². The maximum atomic E-state index is 14.5. The monoisotopic (exact) mass is 378 g/mol. The van der Waals surface area contributed by atoms with E-state index >= 15 is 0 Å². The minimum Gasteiger partial charge on any atom is -0.346 e. The lowest BCUT2D eigenvalue weighted by atomic mass is 9.88. The lowest BCUT2D eigenvalue weighted by Crippen LogP contribution is -2.59. The van der Waals surface area contributed by atoms with E-state index in [9.17, 15) is 9.18 Å². The van der Waals surface area contributed by atoms with Gasteiger partial charge < -0.3 is 10.2 Å². The normalized spacial score (nSPS) is 17.9. The van der Waals surface area contributed by atoms with Crippen LogP contribution in [0.2, 0.25) is 0 Å². The first-order valence-electron chi connectivity index (χ1n) is 10.1. The summed E-state index contributed by atoms with van der Waals surface area (Å²) in [6, 6.07) is 2.50. The van der Waals surface area contributed by atoms with Crippen LogP contribution in [0.4, 0.5) is 4.39 Å². The Morgan fingerprint density at radius 2 is 1.96 bits per heavy atom. The highest BCUT2D eigenvalue weighted by Gasteiger charge is 2.40. The van der Waals surface area contributed by atoms with Gasteiger partial charge in [-0.2, -0.15) is 0 Å². The predicted octanol–water partition coefficient (Wildman–Crippen LogP) is 3.23. The maximum Gasteiger partial charge on any atom is 0.220 e. The second kappa shape index (κ2) is 9.60. The molecule has 0 bridgehead atoms.